The molecular formula is C14H13ClFNO2S. The smallest absolute Gasteiger partial charge is 0.207 e. The SMILES string of the molecule is CN(Cc1cccc(Cl)c1)S(=O)(=O)c1ccc(F)cc1. The average Bonchev–Trinajstić information content (AvgIpc) is 2.39. The molecule has 0 N–H and O–H groups in total. The van der Waals surface area contributed by atoms with Gasteiger partial charge in [-0.05, 0) is 42.0 Å². The van der Waals surface area contributed by atoms with Gasteiger partial charge in [0.1, 0.15) is 5.82 Å². The number of benzene rings is 2. The highest BCUT2D eigenvalue weighted by Gasteiger charge is 2.20. The van der Waals surface area contributed by atoms with E-state index in [0.29, 0.717) is 5.02 Å². The van der Waals surface area contributed by atoms with Crippen molar-refractivity contribution >= 4 is 21.6 Å². The molecule has 20 heavy (non-hydrogen) atoms. The van der Waals surface area contributed by atoms with Gasteiger partial charge in [0.15, 0.2) is 0 Å². The van der Waals surface area contributed by atoms with Crippen molar-refractivity contribution in [3.8, 4) is 0 Å². The second-order valence-electron chi connectivity index (χ2n) is 4.34. The minimum Gasteiger partial charge on any atom is -0.207 e. The van der Waals surface area contributed by atoms with E-state index in [1.807, 2.05) is 0 Å². The van der Waals surface area contributed by atoms with Gasteiger partial charge in [-0.15, -0.1) is 0 Å². The third-order valence-corrected chi connectivity index (χ3v) is 4.87. The summed E-state index contributed by atoms with van der Waals surface area (Å²) in [6.45, 7) is 0.195. The molecule has 0 spiro atoms. The van der Waals surface area contributed by atoms with Crippen LogP contribution in [0.15, 0.2) is 53.4 Å². The number of hydrogen-bond donors (Lipinski definition) is 0. The van der Waals surface area contributed by atoms with E-state index in [1.165, 1.54) is 23.5 Å². The highest BCUT2D eigenvalue weighted by molar-refractivity contribution is 7.89. The minimum atomic E-state index is -3.64. The van der Waals surface area contributed by atoms with Crippen LogP contribution >= 0.6 is 11.6 Å². The van der Waals surface area contributed by atoms with Gasteiger partial charge in [-0.25, -0.2) is 12.8 Å². The molecule has 0 saturated carbocycles. The first-order chi connectivity index (χ1) is 9.39. The molecule has 3 nitrogen and oxygen atoms in total. The lowest BCUT2D eigenvalue weighted by Crippen LogP contribution is -2.26. The Kier molecular flexibility index (Phi) is 4.42. The van der Waals surface area contributed by atoms with E-state index >= 15 is 0 Å². The third kappa shape index (κ3) is 3.36. The zero-order valence-corrected chi connectivity index (χ0v) is 12.3. The third-order valence-electron chi connectivity index (χ3n) is 2.82. The summed E-state index contributed by atoms with van der Waals surface area (Å²) >= 11 is 5.87. The minimum absolute atomic E-state index is 0.0587. The highest BCUT2D eigenvalue weighted by Crippen LogP contribution is 2.18. The summed E-state index contributed by atoms with van der Waals surface area (Å²) in [6.07, 6.45) is 0. The van der Waals surface area contributed by atoms with Gasteiger partial charge in [0.05, 0.1) is 4.90 Å². The van der Waals surface area contributed by atoms with Crippen LogP contribution in [0, 0.1) is 5.82 Å². The maximum absolute atomic E-state index is 12.8. The fourth-order valence-electron chi connectivity index (χ4n) is 1.76. The van der Waals surface area contributed by atoms with Crippen molar-refractivity contribution in [1.82, 2.24) is 4.31 Å². The lowest BCUT2D eigenvalue weighted by atomic mass is 10.2. The normalized spacial score (nSPS) is 11.8. The fourth-order valence-corrected chi connectivity index (χ4v) is 3.14. The lowest BCUT2D eigenvalue weighted by molar-refractivity contribution is 0.466. The molecule has 0 unspecified atom stereocenters. The van der Waals surface area contributed by atoms with Crippen LogP contribution in [0.5, 0.6) is 0 Å². The number of sulfonamides is 1. The lowest BCUT2D eigenvalue weighted by Gasteiger charge is -2.17. The van der Waals surface area contributed by atoms with Crippen molar-refractivity contribution in [3.63, 3.8) is 0 Å². The molecule has 2 aromatic rings. The van der Waals surface area contributed by atoms with E-state index in [9.17, 15) is 12.8 Å². The predicted octanol–water partition coefficient (Wildman–Crippen LogP) is 3.30. The molecule has 0 radical (unpaired) electrons. The summed E-state index contributed by atoms with van der Waals surface area (Å²) in [5.74, 6) is -0.471. The largest absolute Gasteiger partial charge is 0.243 e. The molecule has 2 aromatic carbocycles. The van der Waals surface area contributed by atoms with Crippen molar-refractivity contribution in [2.75, 3.05) is 7.05 Å². The van der Waals surface area contributed by atoms with Crippen LogP contribution in [-0.2, 0) is 16.6 Å². The molecule has 0 amide bonds. The summed E-state index contributed by atoms with van der Waals surface area (Å²) < 4.78 is 38.7. The topological polar surface area (TPSA) is 37.4 Å². The van der Waals surface area contributed by atoms with Crippen LogP contribution in [-0.4, -0.2) is 19.8 Å². The van der Waals surface area contributed by atoms with Gasteiger partial charge in [-0.2, -0.15) is 4.31 Å². The van der Waals surface area contributed by atoms with Crippen LogP contribution < -0.4 is 0 Å². The van der Waals surface area contributed by atoms with Crippen molar-refractivity contribution in [1.29, 1.82) is 0 Å². The van der Waals surface area contributed by atoms with E-state index in [2.05, 4.69) is 0 Å². The Morgan fingerprint density at radius 2 is 1.80 bits per heavy atom. The summed E-state index contributed by atoms with van der Waals surface area (Å²) in [6, 6.07) is 11.7. The Balaban J connectivity index is 2.23. The van der Waals surface area contributed by atoms with Crippen molar-refractivity contribution < 1.29 is 12.8 Å². The summed E-state index contributed by atoms with van der Waals surface area (Å²) in [4.78, 5) is 0.0587. The number of rotatable bonds is 4. The monoisotopic (exact) mass is 313 g/mol. The maximum Gasteiger partial charge on any atom is 0.243 e. The molecule has 106 valence electrons. The van der Waals surface area contributed by atoms with Gasteiger partial charge < -0.3 is 0 Å². The Morgan fingerprint density at radius 1 is 1.15 bits per heavy atom. The van der Waals surface area contributed by atoms with Crippen molar-refractivity contribution in [2.45, 2.75) is 11.4 Å². The predicted molar refractivity (Wildman–Crippen MR) is 76.5 cm³/mol. The Hall–Kier alpha value is -1.43. The molecule has 2 rings (SSSR count). The van der Waals surface area contributed by atoms with E-state index in [4.69, 9.17) is 11.6 Å². The average molecular weight is 314 g/mol. The molecule has 0 heterocycles. The fraction of sp³-hybridized carbons (Fsp3) is 0.143. The second kappa shape index (κ2) is 5.91. The van der Waals surface area contributed by atoms with Crippen LogP contribution in [0.3, 0.4) is 0 Å². The molecule has 0 bridgehead atoms. The summed E-state index contributed by atoms with van der Waals surface area (Å²) in [5, 5.41) is 0.551. The zero-order valence-electron chi connectivity index (χ0n) is 10.8. The van der Waals surface area contributed by atoms with Gasteiger partial charge in [-0.1, -0.05) is 23.7 Å². The molecule has 0 saturated heterocycles. The van der Waals surface area contributed by atoms with Crippen LogP contribution in [0.25, 0.3) is 0 Å². The van der Waals surface area contributed by atoms with Gasteiger partial charge in [-0.3, -0.25) is 0 Å². The second-order valence-corrected chi connectivity index (χ2v) is 6.83. The van der Waals surface area contributed by atoms with E-state index < -0.39 is 15.8 Å². The molecule has 0 atom stereocenters. The molecule has 0 aromatic heterocycles. The highest BCUT2D eigenvalue weighted by atomic mass is 35.5. The van der Waals surface area contributed by atoms with Gasteiger partial charge >= 0.3 is 0 Å². The molecule has 0 aliphatic carbocycles. The van der Waals surface area contributed by atoms with E-state index in [-0.39, 0.29) is 11.4 Å². The Morgan fingerprint density at radius 3 is 2.40 bits per heavy atom. The van der Waals surface area contributed by atoms with Gasteiger partial charge in [0, 0.05) is 18.6 Å². The molecule has 0 aliphatic rings. The first-order valence-electron chi connectivity index (χ1n) is 5.86. The standard InChI is InChI=1S/C14H13ClFNO2S/c1-17(10-11-3-2-4-12(15)9-11)20(18,19)14-7-5-13(16)6-8-14/h2-9H,10H2,1H3. The first kappa shape index (κ1) is 15.0. The van der Waals surface area contributed by atoms with Gasteiger partial charge in [0.25, 0.3) is 0 Å². The number of nitrogens with zero attached hydrogens (tertiary/aromatic N) is 1. The molecule has 0 fully saturated rings. The van der Waals surface area contributed by atoms with Crippen molar-refractivity contribution in [3.05, 3.63) is 64.9 Å². The van der Waals surface area contributed by atoms with Crippen LogP contribution in [0.1, 0.15) is 5.56 Å². The van der Waals surface area contributed by atoms with Crippen LogP contribution in [0.2, 0.25) is 5.02 Å². The van der Waals surface area contributed by atoms with Crippen LogP contribution in [0.4, 0.5) is 4.39 Å². The molecule has 6 heteroatoms. The van der Waals surface area contributed by atoms with E-state index in [0.717, 1.165) is 17.7 Å². The number of hydrogen-bond acceptors (Lipinski definition) is 2. The number of halogens is 2. The summed E-state index contributed by atoms with van der Waals surface area (Å²) in [7, 11) is -2.17. The Bertz CT molecular complexity index is 701. The Labute approximate surface area is 122 Å². The van der Waals surface area contributed by atoms with Gasteiger partial charge in [0.2, 0.25) is 10.0 Å². The molecule has 0 aliphatic heterocycles. The maximum atomic E-state index is 12.8. The van der Waals surface area contributed by atoms with Crippen molar-refractivity contribution in [2.24, 2.45) is 0 Å². The first-order valence-corrected chi connectivity index (χ1v) is 7.68. The van der Waals surface area contributed by atoms with E-state index in [1.54, 1.807) is 24.3 Å². The quantitative estimate of drug-likeness (QED) is 0.868. The zero-order chi connectivity index (χ0) is 14.8. The molecular weight excluding hydrogens is 301 g/mol. The summed E-state index contributed by atoms with van der Waals surface area (Å²) in [5.41, 5.74) is 0.783.